The Morgan fingerprint density at radius 2 is 1.92 bits per heavy atom. The Morgan fingerprint density at radius 1 is 1.21 bits per heavy atom. The van der Waals surface area contributed by atoms with Gasteiger partial charge in [0.1, 0.15) is 6.54 Å². The molecule has 0 atom stereocenters. The van der Waals surface area contributed by atoms with Gasteiger partial charge in [0.2, 0.25) is 5.91 Å². The molecule has 0 aliphatic rings. The first-order valence-electron chi connectivity index (χ1n) is 7.85. The number of hydrogen-bond acceptors (Lipinski definition) is 4. The molecule has 0 saturated carbocycles. The summed E-state index contributed by atoms with van der Waals surface area (Å²) < 4.78 is 1.20. The van der Waals surface area contributed by atoms with Crippen LogP contribution in [0.5, 0.6) is 0 Å². The molecule has 7 heteroatoms. The number of nitrogens with one attached hydrogen (secondary N) is 1. The van der Waals surface area contributed by atoms with Crippen LogP contribution in [0.3, 0.4) is 0 Å². The number of carbonyl (C=O) groups is 2. The third kappa shape index (κ3) is 4.18. The van der Waals surface area contributed by atoms with E-state index in [1.165, 1.54) is 16.4 Å². The molecule has 2 N–H and O–H groups in total. The first kappa shape index (κ1) is 17.7. The molecule has 2 rings (SSSR count). The second kappa shape index (κ2) is 7.25. The van der Waals surface area contributed by atoms with Crippen LogP contribution in [0, 0.1) is 0 Å². The lowest BCUT2D eigenvalue weighted by atomic mass is 9.94. The van der Waals surface area contributed by atoms with Gasteiger partial charge in [0.15, 0.2) is 5.69 Å². The molecule has 1 aromatic carbocycles. The van der Waals surface area contributed by atoms with E-state index in [0.717, 1.165) is 11.3 Å². The van der Waals surface area contributed by atoms with E-state index in [2.05, 4.69) is 49.4 Å². The van der Waals surface area contributed by atoms with Gasteiger partial charge < -0.3 is 10.4 Å². The Labute approximate surface area is 140 Å². The van der Waals surface area contributed by atoms with E-state index in [1.807, 2.05) is 12.1 Å². The van der Waals surface area contributed by atoms with Gasteiger partial charge in [-0.25, -0.2) is 9.48 Å². The van der Waals surface area contributed by atoms with Crippen molar-refractivity contribution in [3.8, 4) is 0 Å². The SMILES string of the molecule is CC(C)c1ccc(NC(=O)Cn2cc(C(=O)O)nn2)c(C(C)C)c1. The number of amides is 1. The highest BCUT2D eigenvalue weighted by atomic mass is 16.4. The van der Waals surface area contributed by atoms with Gasteiger partial charge in [-0.05, 0) is 29.0 Å². The molecule has 24 heavy (non-hydrogen) atoms. The Balaban J connectivity index is 2.14. The lowest BCUT2D eigenvalue weighted by Gasteiger charge is -2.17. The van der Waals surface area contributed by atoms with Crippen LogP contribution in [0.4, 0.5) is 5.69 Å². The van der Waals surface area contributed by atoms with Crippen LogP contribution >= 0.6 is 0 Å². The average molecular weight is 330 g/mol. The van der Waals surface area contributed by atoms with Gasteiger partial charge in [0, 0.05) is 5.69 Å². The van der Waals surface area contributed by atoms with Gasteiger partial charge >= 0.3 is 5.97 Å². The third-order valence-electron chi connectivity index (χ3n) is 3.70. The van der Waals surface area contributed by atoms with Crippen molar-refractivity contribution in [1.29, 1.82) is 0 Å². The fourth-order valence-corrected chi connectivity index (χ4v) is 2.34. The summed E-state index contributed by atoms with van der Waals surface area (Å²) in [5.41, 5.74) is 2.86. The molecule has 0 radical (unpaired) electrons. The molecule has 0 aliphatic heterocycles. The van der Waals surface area contributed by atoms with Crippen molar-refractivity contribution in [2.45, 2.75) is 46.1 Å². The summed E-state index contributed by atoms with van der Waals surface area (Å²) in [7, 11) is 0. The zero-order valence-corrected chi connectivity index (χ0v) is 14.3. The molecule has 0 spiro atoms. The van der Waals surface area contributed by atoms with Crippen molar-refractivity contribution in [1.82, 2.24) is 15.0 Å². The van der Waals surface area contributed by atoms with Crippen molar-refractivity contribution < 1.29 is 14.7 Å². The lowest BCUT2D eigenvalue weighted by Crippen LogP contribution is -2.20. The number of anilines is 1. The van der Waals surface area contributed by atoms with Crippen LogP contribution in [-0.2, 0) is 11.3 Å². The van der Waals surface area contributed by atoms with E-state index in [9.17, 15) is 9.59 Å². The predicted molar refractivity (Wildman–Crippen MR) is 90.2 cm³/mol. The van der Waals surface area contributed by atoms with E-state index < -0.39 is 5.97 Å². The maximum atomic E-state index is 12.2. The maximum Gasteiger partial charge on any atom is 0.358 e. The highest BCUT2D eigenvalue weighted by Crippen LogP contribution is 2.28. The zero-order valence-electron chi connectivity index (χ0n) is 14.3. The second-order valence-corrected chi connectivity index (χ2v) is 6.31. The molecule has 0 fully saturated rings. The van der Waals surface area contributed by atoms with Crippen molar-refractivity contribution in [3.63, 3.8) is 0 Å². The molecule has 0 aliphatic carbocycles. The smallest absolute Gasteiger partial charge is 0.358 e. The molecule has 0 unspecified atom stereocenters. The number of nitrogens with zero attached hydrogens (tertiary/aromatic N) is 3. The number of hydrogen-bond donors (Lipinski definition) is 2. The van der Waals surface area contributed by atoms with Crippen LogP contribution < -0.4 is 5.32 Å². The number of carboxylic acid groups (broad SMARTS) is 1. The third-order valence-corrected chi connectivity index (χ3v) is 3.70. The Hall–Kier alpha value is -2.70. The van der Waals surface area contributed by atoms with Crippen molar-refractivity contribution >= 4 is 17.6 Å². The van der Waals surface area contributed by atoms with Crippen LogP contribution in [0.1, 0.15) is 61.1 Å². The highest BCUT2D eigenvalue weighted by Gasteiger charge is 2.14. The average Bonchev–Trinajstić information content (AvgIpc) is 2.95. The van der Waals surface area contributed by atoms with Crippen molar-refractivity contribution in [2.24, 2.45) is 0 Å². The van der Waals surface area contributed by atoms with E-state index in [1.54, 1.807) is 0 Å². The van der Waals surface area contributed by atoms with Crippen LogP contribution in [0.15, 0.2) is 24.4 Å². The standard InChI is InChI=1S/C17H22N4O3/c1-10(2)12-5-6-14(13(7-12)11(3)4)18-16(22)9-21-8-15(17(23)24)19-20-21/h5-8,10-11H,9H2,1-4H3,(H,18,22)(H,23,24). The van der Waals surface area contributed by atoms with Crippen LogP contribution in [0.2, 0.25) is 0 Å². The Morgan fingerprint density at radius 3 is 2.46 bits per heavy atom. The lowest BCUT2D eigenvalue weighted by molar-refractivity contribution is -0.116. The number of rotatable bonds is 6. The number of carboxylic acids is 1. The molecule has 2 aromatic rings. The van der Waals surface area contributed by atoms with E-state index >= 15 is 0 Å². The first-order chi connectivity index (χ1) is 11.3. The fourth-order valence-electron chi connectivity index (χ4n) is 2.34. The summed E-state index contributed by atoms with van der Waals surface area (Å²) in [6.45, 7) is 8.31. The van der Waals surface area contributed by atoms with Gasteiger partial charge in [-0.15, -0.1) is 5.10 Å². The molecular formula is C17H22N4O3. The predicted octanol–water partition coefficient (Wildman–Crippen LogP) is 2.86. The minimum Gasteiger partial charge on any atom is -0.476 e. The summed E-state index contributed by atoms with van der Waals surface area (Å²) in [6.07, 6.45) is 1.23. The molecular weight excluding hydrogens is 308 g/mol. The summed E-state index contributed by atoms with van der Waals surface area (Å²) in [5, 5.41) is 18.8. The molecule has 7 nitrogen and oxygen atoms in total. The molecule has 0 saturated heterocycles. The minimum absolute atomic E-state index is 0.0935. The summed E-state index contributed by atoms with van der Waals surface area (Å²) >= 11 is 0. The number of aromatic carboxylic acids is 1. The quantitative estimate of drug-likeness (QED) is 0.849. The van der Waals surface area contributed by atoms with Gasteiger partial charge in [-0.2, -0.15) is 0 Å². The van der Waals surface area contributed by atoms with Crippen LogP contribution in [0.25, 0.3) is 0 Å². The van der Waals surface area contributed by atoms with Gasteiger partial charge in [-0.3, -0.25) is 4.79 Å². The topological polar surface area (TPSA) is 97.1 Å². The Bertz CT molecular complexity index is 750. The van der Waals surface area contributed by atoms with Crippen molar-refractivity contribution in [2.75, 3.05) is 5.32 Å². The fraction of sp³-hybridized carbons (Fsp3) is 0.412. The Kier molecular flexibility index (Phi) is 5.33. The summed E-state index contributed by atoms with van der Waals surface area (Å²) in [5.74, 6) is -0.773. The van der Waals surface area contributed by atoms with Crippen molar-refractivity contribution in [3.05, 3.63) is 41.2 Å². The zero-order chi connectivity index (χ0) is 17.9. The molecule has 1 aromatic heterocycles. The monoisotopic (exact) mass is 330 g/mol. The molecule has 1 amide bonds. The molecule has 128 valence electrons. The maximum absolute atomic E-state index is 12.2. The van der Waals surface area contributed by atoms with E-state index in [0.29, 0.717) is 5.92 Å². The van der Waals surface area contributed by atoms with E-state index in [-0.39, 0.29) is 24.1 Å². The normalized spacial score (nSPS) is 11.1. The summed E-state index contributed by atoms with van der Waals surface area (Å²) in [6, 6.07) is 6.03. The number of aromatic nitrogens is 3. The summed E-state index contributed by atoms with van der Waals surface area (Å²) in [4.78, 5) is 23.0. The van der Waals surface area contributed by atoms with Gasteiger partial charge in [0.05, 0.1) is 6.20 Å². The van der Waals surface area contributed by atoms with E-state index in [4.69, 9.17) is 5.11 Å². The second-order valence-electron chi connectivity index (χ2n) is 6.31. The number of carbonyl (C=O) groups excluding carboxylic acids is 1. The largest absolute Gasteiger partial charge is 0.476 e. The molecule has 1 heterocycles. The minimum atomic E-state index is -1.17. The van der Waals surface area contributed by atoms with Gasteiger partial charge in [0.25, 0.3) is 0 Å². The first-order valence-corrected chi connectivity index (χ1v) is 7.85. The number of benzene rings is 1. The molecule has 0 bridgehead atoms. The van der Waals surface area contributed by atoms with Gasteiger partial charge in [-0.1, -0.05) is 45.0 Å². The highest BCUT2D eigenvalue weighted by molar-refractivity contribution is 5.91. The van der Waals surface area contributed by atoms with Crippen LogP contribution in [-0.4, -0.2) is 32.0 Å².